The third-order valence-corrected chi connectivity index (χ3v) is 5.45. The van der Waals surface area contributed by atoms with Gasteiger partial charge < -0.3 is 19.5 Å². The maximum absolute atomic E-state index is 12.4. The van der Waals surface area contributed by atoms with Crippen LogP contribution in [0.4, 0.5) is 0 Å². The van der Waals surface area contributed by atoms with Crippen molar-refractivity contribution in [1.29, 1.82) is 0 Å². The number of benzene rings is 2. The van der Waals surface area contributed by atoms with Crippen molar-refractivity contribution < 1.29 is 19.0 Å². The van der Waals surface area contributed by atoms with E-state index in [9.17, 15) is 4.79 Å². The van der Waals surface area contributed by atoms with Crippen molar-refractivity contribution in [3.05, 3.63) is 59.9 Å². The maximum Gasteiger partial charge on any atom is 0.230 e. The van der Waals surface area contributed by atoms with Gasteiger partial charge in [0.1, 0.15) is 5.75 Å². The van der Waals surface area contributed by atoms with Gasteiger partial charge in [-0.3, -0.25) is 9.36 Å². The van der Waals surface area contributed by atoms with E-state index in [0.717, 1.165) is 16.4 Å². The number of rotatable bonds is 9. The highest BCUT2D eigenvalue weighted by molar-refractivity contribution is 7.99. The summed E-state index contributed by atoms with van der Waals surface area (Å²) in [5.41, 5.74) is 2.99. The standard InChI is InChI=1S/C22H25N3O4S/c1-15-6-5-7-17(10-15)25-9-8-23-22(25)30-14-21(26)24-13-16-11-19(28-3)20(29-4)12-18(16)27-2/h5-12H,13-14H2,1-4H3,(H,24,26). The molecule has 0 aliphatic heterocycles. The van der Waals surface area contributed by atoms with E-state index in [1.54, 1.807) is 39.7 Å². The molecule has 0 saturated carbocycles. The first-order valence-corrected chi connectivity index (χ1v) is 10.3. The van der Waals surface area contributed by atoms with Gasteiger partial charge in [0.05, 0.1) is 27.1 Å². The molecule has 0 unspecified atom stereocenters. The molecule has 1 N–H and O–H groups in total. The topological polar surface area (TPSA) is 74.6 Å². The third-order valence-electron chi connectivity index (χ3n) is 4.48. The molecule has 0 spiro atoms. The second-order valence-electron chi connectivity index (χ2n) is 6.50. The summed E-state index contributed by atoms with van der Waals surface area (Å²) in [7, 11) is 4.71. The average Bonchev–Trinajstić information content (AvgIpc) is 3.24. The van der Waals surface area contributed by atoms with Gasteiger partial charge in [-0.05, 0) is 30.7 Å². The first-order chi connectivity index (χ1) is 14.5. The number of amides is 1. The summed E-state index contributed by atoms with van der Waals surface area (Å²) in [6.45, 7) is 2.36. The van der Waals surface area contributed by atoms with Gasteiger partial charge >= 0.3 is 0 Å². The van der Waals surface area contributed by atoms with E-state index in [2.05, 4.69) is 16.4 Å². The molecule has 30 heavy (non-hydrogen) atoms. The molecular formula is C22H25N3O4S. The second kappa shape index (κ2) is 10.1. The van der Waals surface area contributed by atoms with Gasteiger partial charge in [0, 0.05) is 36.3 Å². The summed E-state index contributed by atoms with van der Waals surface area (Å²) in [6, 6.07) is 11.7. The molecule has 0 aliphatic rings. The van der Waals surface area contributed by atoms with E-state index in [-0.39, 0.29) is 11.7 Å². The van der Waals surface area contributed by atoms with Crippen molar-refractivity contribution in [3.8, 4) is 22.9 Å². The average molecular weight is 428 g/mol. The van der Waals surface area contributed by atoms with E-state index in [0.29, 0.717) is 23.8 Å². The van der Waals surface area contributed by atoms with E-state index in [1.807, 2.05) is 35.9 Å². The lowest BCUT2D eigenvalue weighted by atomic mass is 10.1. The SMILES string of the molecule is COc1cc(OC)c(OC)cc1CNC(=O)CSc1nccn1-c1cccc(C)c1. The highest BCUT2D eigenvalue weighted by atomic mass is 32.2. The van der Waals surface area contributed by atoms with Crippen LogP contribution in [-0.2, 0) is 11.3 Å². The Labute approximate surface area is 180 Å². The fourth-order valence-corrected chi connectivity index (χ4v) is 3.78. The minimum absolute atomic E-state index is 0.101. The lowest BCUT2D eigenvalue weighted by molar-refractivity contribution is -0.118. The molecule has 0 atom stereocenters. The minimum atomic E-state index is -0.101. The number of methoxy groups -OCH3 is 3. The Morgan fingerprint density at radius 3 is 2.50 bits per heavy atom. The first-order valence-electron chi connectivity index (χ1n) is 9.34. The number of nitrogens with zero attached hydrogens (tertiary/aromatic N) is 2. The van der Waals surface area contributed by atoms with Gasteiger partial charge in [-0.2, -0.15) is 0 Å². The van der Waals surface area contributed by atoms with Crippen LogP contribution in [0, 0.1) is 6.92 Å². The number of aryl methyl sites for hydroxylation is 1. The molecule has 3 rings (SSSR count). The normalized spacial score (nSPS) is 10.5. The number of thioether (sulfide) groups is 1. The predicted molar refractivity (Wildman–Crippen MR) is 117 cm³/mol. The Hall–Kier alpha value is -3.13. The van der Waals surface area contributed by atoms with E-state index in [4.69, 9.17) is 14.2 Å². The van der Waals surface area contributed by atoms with Crippen molar-refractivity contribution in [3.63, 3.8) is 0 Å². The van der Waals surface area contributed by atoms with Crippen LogP contribution in [-0.4, -0.2) is 42.5 Å². The first kappa shape index (κ1) is 21.6. The molecule has 158 valence electrons. The van der Waals surface area contributed by atoms with Crippen molar-refractivity contribution in [2.24, 2.45) is 0 Å². The summed E-state index contributed by atoms with van der Waals surface area (Å²) < 4.78 is 18.0. The quantitative estimate of drug-likeness (QED) is 0.526. The molecule has 7 nitrogen and oxygen atoms in total. The monoisotopic (exact) mass is 427 g/mol. The van der Waals surface area contributed by atoms with Gasteiger partial charge in [0.15, 0.2) is 16.7 Å². The van der Waals surface area contributed by atoms with Gasteiger partial charge in [0.25, 0.3) is 0 Å². The van der Waals surface area contributed by atoms with Crippen LogP contribution >= 0.6 is 11.8 Å². The van der Waals surface area contributed by atoms with Gasteiger partial charge in [-0.15, -0.1) is 0 Å². The number of carbonyl (C=O) groups is 1. The number of imidazole rings is 1. The van der Waals surface area contributed by atoms with Crippen LogP contribution in [0.15, 0.2) is 53.9 Å². The summed E-state index contributed by atoms with van der Waals surface area (Å²) in [6.07, 6.45) is 3.63. The Kier molecular flexibility index (Phi) is 7.24. The molecule has 3 aromatic rings. The molecule has 8 heteroatoms. The lowest BCUT2D eigenvalue weighted by Gasteiger charge is -2.14. The Morgan fingerprint density at radius 1 is 1.07 bits per heavy atom. The highest BCUT2D eigenvalue weighted by Gasteiger charge is 2.14. The molecule has 2 aromatic carbocycles. The van der Waals surface area contributed by atoms with Crippen LogP contribution in [0.5, 0.6) is 17.2 Å². The Morgan fingerprint density at radius 2 is 1.80 bits per heavy atom. The zero-order valence-corrected chi connectivity index (χ0v) is 18.3. The fourth-order valence-electron chi connectivity index (χ4n) is 2.98. The third kappa shape index (κ3) is 5.07. The van der Waals surface area contributed by atoms with E-state index < -0.39 is 0 Å². The largest absolute Gasteiger partial charge is 0.496 e. The Balaban J connectivity index is 1.62. The number of hydrogen-bond donors (Lipinski definition) is 1. The summed E-state index contributed by atoms with van der Waals surface area (Å²) >= 11 is 1.39. The molecule has 0 fully saturated rings. The summed E-state index contributed by atoms with van der Waals surface area (Å²) in [4.78, 5) is 16.8. The van der Waals surface area contributed by atoms with Crippen LogP contribution in [0.3, 0.4) is 0 Å². The number of ether oxygens (including phenoxy) is 3. The van der Waals surface area contributed by atoms with E-state index in [1.165, 1.54) is 17.3 Å². The molecule has 0 bridgehead atoms. The number of nitrogens with one attached hydrogen (secondary N) is 1. The zero-order chi connectivity index (χ0) is 21.5. The lowest BCUT2D eigenvalue weighted by Crippen LogP contribution is -2.25. The van der Waals surface area contributed by atoms with E-state index >= 15 is 0 Å². The molecule has 0 radical (unpaired) electrons. The smallest absolute Gasteiger partial charge is 0.230 e. The molecule has 1 amide bonds. The van der Waals surface area contributed by atoms with Gasteiger partial charge in [-0.1, -0.05) is 23.9 Å². The molecule has 1 heterocycles. The fraction of sp³-hybridized carbons (Fsp3) is 0.273. The van der Waals surface area contributed by atoms with Crippen LogP contribution in [0.1, 0.15) is 11.1 Å². The zero-order valence-electron chi connectivity index (χ0n) is 17.5. The summed E-state index contributed by atoms with van der Waals surface area (Å²) in [5.74, 6) is 1.92. The van der Waals surface area contributed by atoms with Gasteiger partial charge in [-0.25, -0.2) is 4.98 Å². The molecule has 0 aliphatic carbocycles. The number of carbonyl (C=O) groups excluding carboxylic acids is 1. The maximum atomic E-state index is 12.4. The summed E-state index contributed by atoms with van der Waals surface area (Å²) in [5, 5.41) is 3.68. The van der Waals surface area contributed by atoms with Crippen molar-refractivity contribution in [2.75, 3.05) is 27.1 Å². The number of aromatic nitrogens is 2. The minimum Gasteiger partial charge on any atom is -0.496 e. The highest BCUT2D eigenvalue weighted by Crippen LogP contribution is 2.34. The molecule has 0 saturated heterocycles. The molecule has 1 aromatic heterocycles. The van der Waals surface area contributed by atoms with Crippen LogP contribution in [0.25, 0.3) is 5.69 Å². The second-order valence-corrected chi connectivity index (χ2v) is 7.45. The van der Waals surface area contributed by atoms with Crippen LogP contribution < -0.4 is 19.5 Å². The Bertz CT molecular complexity index is 1020. The van der Waals surface area contributed by atoms with Crippen molar-refractivity contribution >= 4 is 17.7 Å². The number of hydrogen-bond acceptors (Lipinski definition) is 6. The van der Waals surface area contributed by atoms with Crippen LogP contribution in [0.2, 0.25) is 0 Å². The predicted octanol–water partition coefficient (Wildman–Crippen LogP) is 3.62. The van der Waals surface area contributed by atoms with Crippen molar-refractivity contribution in [2.45, 2.75) is 18.6 Å². The van der Waals surface area contributed by atoms with Crippen molar-refractivity contribution in [1.82, 2.24) is 14.9 Å². The molecular weight excluding hydrogens is 402 g/mol. The van der Waals surface area contributed by atoms with Gasteiger partial charge in [0.2, 0.25) is 5.91 Å².